The number of benzene rings is 2. The quantitative estimate of drug-likeness (QED) is 0.621. The minimum Gasteiger partial charge on any atom is -0.348 e. The Kier molecular flexibility index (Phi) is 5.99. The molecule has 7 nitrogen and oxygen atoms in total. The first kappa shape index (κ1) is 22.6. The monoisotopic (exact) mass is 464 g/mol. The molecule has 0 saturated carbocycles. The van der Waals surface area contributed by atoms with Gasteiger partial charge in [-0.2, -0.15) is 0 Å². The van der Waals surface area contributed by atoms with Crippen LogP contribution in [0.5, 0.6) is 0 Å². The molecule has 1 amide bonds. The van der Waals surface area contributed by atoms with Crippen molar-refractivity contribution in [2.24, 2.45) is 14.1 Å². The molecule has 8 heteroatoms. The van der Waals surface area contributed by atoms with E-state index in [1.54, 1.807) is 38.2 Å². The summed E-state index contributed by atoms with van der Waals surface area (Å²) in [5, 5.41) is 6.66. The lowest BCUT2D eigenvalue weighted by molar-refractivity contribution is -0.117. The molecule has 1 aliphatic rings. The zero-order chi connectivity index (χ0) is 23.9. The third kappa shape index (κ3) is 4.12. The van der Waals surface area contributed by atoms with E-state index in [1.165, 1.54) is 11.6 Å². The Balaban J connectivity index is 1.83. The molecule has 0 radical (unpaired) electrons. The minimum atomic E-state index is -0.665. The summed E-state index contributed by atoms with van der Waals surface area (Å²) in [4.78, 5) is 39.2. The predicted molar refractivity (Wildman–Crippen MR) is 130 cm³/mol. The largest absolute Gasteiger partial charge is 0.348 e. The fraction of sp³-hybridized carbons (Fsp3) is 0.240. The van der Waals surface area contributed by atoms with Gasteiger partial charge in [0.15, 0.2) is 0 Å². The van der Waals surface area contributed by atoms with Crippen LogP contribution >= 0.6 is 11.6 Å². The molecule has 0 saturated heterocycles. The highest BCUT2D eigenvalue weighted by molar-refractivity contribution is 6.30. The number of aromatic nitrogens is 2. The second kappa shape index (κ2) is 8.75. The molecule has 33 heavy (non-hydrogen) atoms. The third-order valence-electron chi connectivity index (χ3n) is 6.01. The van der Waals surface area contributed by atoms with Gasteiger partial charge in [-0.3, -0.25) is 18.7 Å². The summed E-state index contributed by atoms with van der Waals surface area (Å²) in [6.45, 7) is 4.13. The van der Waals surface area contributed by atoms with Crippen LogP contribution in [0.3, 0.4) is 0 Å². The van der Waals surface area contributed by atoms with Crippen LogP contribution in [0, 0.1) is 6.92 Å². The van der Waals surface area contributed by atoms with Gasteiger partial charge in [-0.25, -0.2) is 4.79 Å². The maximum Gasteiger partial charge on any atom is 0.332 e. The Morgan fingerprint density at radius 1 is 1.00 bits per heavy atom. The number of carbonyl (C=O) groups excluding carboxylic acids is 1. The third-order valence-corrected chi connectivity index (χ3v) is 6.26. The number of rotatable bonds is 4. The smallest absolute Gasteiger partial charge is 0.332 e. The maximum absolute atomic E-state index is 13.4. The van der Waals surface area contributed by atoms with Crippen molar-refractivity contribution in [3.05, 3.63) is 108 Å². The van der Waals surface area contributed by atoms with E-state index >= 15 is 0 Å². The highest BCUT2D eigenvalue weighted by Gasteiger charge is 2.36. The summed E-state index contributed by atoms with van der Waals surface area (Å²) in [5.41, 5.74) is 3.29. The Morgan fingerprint density at radius 2 is 1.64 bits per heavy atom. The molecule has 4 rings (SSSR count). The average molecular weight is 465 g/mol. The van der Waals surface area contributed by atoms with E-state index in [0.717, 1.165) is 21.3 Å². The number of hydrogen-bond acceptors (Lipinski definition) is 4. The average Bonchev–Trinajstić information content (AvgIpc) is 2.80. The van der Waals surface area contributed by atoms with Crippen LogP contribution < -0.4 is 21.9 Å². The van der Waals surface area contributed by atoms with Crippen LogP contribution in [0.2, 0.25) is 5.02 Å². The second-order valence-corrected chi connectivity index (χ2v) is 8.72. The van der Waals surface area contributed by atoms with Crippen molar-refractivity contribution in [2.75, 3.05) is 5.32 Å². The predicted octanol–water partition coefficient (Wildman–Crippen LogP) is 3.19. The van der Waals surface area contributed by atoms with Gasteiger partial charge in [0, 0.05) is 36.9 Å². The SMILES string of the molecule is CC1=C(C(=O)NCc2ccc(C)cc2)C(c2ccc(Cl)cc2)c2c(n(C)c(=O)n(C)c2=O)N1. The number of nitrogens with zero attached hydrogens (tertiary/aromatic N) is 2. The van der Waals surface area contributed by atoms with E-state index in [2.05, 4.69) is 10.6 Å². The number of allylic oxidation sites excluding steroid dienone is 1. The molecule has 2 N–H and O–H groups in total. The fourth-order valence-corrected chi connectivity index (χ4v) is 4.29. The summed E-state index contributed by atoms with van der Waals surface area (Å²) < 4.78 is 2.45. The van der Waals surface area contributed by atoms with Gasteiger partial charge in [-0.05, 0) is 37.1 Å². The van der Waals surface area contributed by atoms with Crippen molar-refractivity contribution in [3.63, 3.8) is 0 Å². The summed E-state index contributed by atoms with van der Waals surface area (Å²) in [6, 6.07) is 15.0. The van der Waals surface area contributed by atoms with E-state index in [0.29, 0.717) is 34.2 Å². The van der Waals surface area contributed by atoms with Crippen LogP contribution in [-0.2, 0) is 25.4 Å². The first-order valence-corrected chi connectivity index (χ1v) is 10.9. The standard InChI is InChI=1S/C25H25ClN4O3/c1-14-5-7-16(8-6-14)13-27-23(31)19-15(2)28-22-21(24(32)30(4)25(33)29(22)3)20(19)17-9-11-18(26)12-10-17/h5-12,20,28H,13H2,1-4H3,(H,27,31). The van der Waals surface area contributed by atoms with Gasteiger partial charge in [0.1, 0.15) is 5.82 Å². The van der Waals surface area contributed by atoms with Crippen LogP contribution in [-0.4, -0.2) is 15.0 Å². The van der Waals surface area contributed by atoms with Gasteiger partial charge < -0.3 is 10.6 Å². The second-order valence-electron chi connectivity index (χ2n) is 8.28. The molecule has 1 atom stereocenters. The molecule has 1 aromatic heterocycles. The molecule has 2 aromatic carbocycles. The molecule has 1 unspecified atom stereocenters. The molecular weight excluding hydrogens is 440 g/mol. The lowest BCUT2D eigenvalue weighted by atomic mass is 9.81. The number of nitrogens with one attached hydrogen (secondary N) is 2. The van der Waals surface area contributed by atoms with Crippen molar-refractivity contribution in [1.29, 1.82) is 0 Å². The maximum atomic E-state index is 13.4. The number of fused-ring (bicyclic) bond motifs is 1. The Bertz CT molecular complexity index is 1380. The topological polar surface area (TPSA) is 85.1 Å². The van der Waals surface area contributed by atoms with Crippen molar-refractivity contribution in [1.82, 2.24) is 14.5 Å². The number of amides is 1. The molecule has 0 aliphatic carbocycles. The van der Waals surface area contributed by atoms with E-state index < -0.39 is 17.2 Å². The van der Waals surface area contributed by atoms with Crippen molar-refractivity contribution in [3.8, 4) is 0 Å². The van der Waals surface area contributed by atoms with Crippen LogP contribution in [0.4, 0.5) is 5.82 Å². The van der Waals surface area contributed by atoms with Crippen molar-refractivity contribution < 1.29 is 4.79 Å². The molecule has 1 aliphatic heterocycles. The molecule has 0 fully saturated rings. The molecule has 170 valence electrons. The summed E-state index contributed by atoms with van der Waals surface area (Å²) >= 11 is 6.09. The first-order valence-electron chi connectivity index (χ1n) is 10.6. The van der Waals surface area contributed by atoms with Gasteiger partial charge in [-0.1, -0.05) is 53.6 Å². The Hall–Kier alpha value is -3.58. The first-order chi connectivity index (χ1) is 15.7. The highest BCUT2D eigenvalue weighted by atomic mass is 35.5. The van der Waals surface area contributed by atoms with E-state index in [-0.39, 0.29) is 5.91 Å². The number of hydrogen-bond donors (Lipinski definition) is 2. The van der Waals surface area contributed by atoms with Crippen molar-refractivity contribution >= 4 is 23.3 Å². The zero-order valence-electron chi connectivity index (χ0n) is 18.9. The number of halogens is 1. The zero-order valence-corrected chi connectivity index (χ0v) is 19.7. The van der Waals surface area contributed by atoms with Gasteiger partial charge in [0.2, 0.25) is 5.91 Å². The number of anilines is 1. The van der Waals surface area contributed by atoms with Gasteiger partial charge in [0.25, 0.3) is 5.56 Å². The van der Waals surface area contributed by atoms with E-state index in [9.17, 15) is 14.4 Å². The van der Waals surface area contributed by atoms with Gasteiger partial charge in [-0.15, -0.1) is 0 Å². The molecule has 0 bridgehead atoms. The molecule has 0 spiro atoms. The lowest BCUT2D eigenvalue weighted by Gasteiger charge is -2.31. The fourth-order valence-electron chi connectivity index (χ4n) is 4.16. The van der Waals surface area contributed by atoms with Gasteiger partial charge >= 0.3 is 5.69 Å². The minimum absolute atomic E-state index is 0.290. The normalized spacial score (nSPS) is 15.1. The highest BCUT2D eigenvalue weighted by Crippen LogP contribution is 2.39. The molecular formula is C25H25ClN4O3. The van der Waals surface area contributed by atoms with Crippen LogP contribution in [0.1, 0.15) is 35.1 Å². The van der Waals surface area contributed by atoms with Crippen LogP contribution in [0.25, 0.3) is 0 Å². The lowest BCUT2D eigenvalue weighted by Crippen LogP contribution is -2.44. The van der Waals surface area contributed by atoms with Crippen LogP contribution in [0.15, 0.2) is 69.4 Å². The Labute approximate surface area is 196 Å². The van der Waals surface area contributed by atoms with Crippen molar-refractivity contribution in [2.45, 2.75) is 26.3 Å². The molecule has 2 heterocycles. The van der Waals surface area contributed by atoms with E-state index in [4.69, 9.17) is 11.6 Å². The molecule has 3 aromatic rings. The Morgan fingerprint density at radius 3 is 2.27 bits per heavy atom. The number of aryl methyl sites for hydroxylation is 1. The van der Waals surface area contributed by atoms with Gasteiger partial charge in [0.05, 0.1) is 11.5 Å². The number of carbonyl (C=O) groups is 1. The summed E-state index contributed by atoms with van der Waals surface area (Å²) in [6.07, 6.45) is 0. The summed E-state index contributed by atoms with van der Waals surface area (Å²) in [7, 11) is 3.04. The summed E-state index contributed by atoms with van der Waals surface area (Å²) in [5.74, 6) is -0.570. The van der Waals surface area contributed by atoms with E-state index in [1.807, 2.05) is 31.2 Å².